The van der Waals surface area contributed by atoms with Gasteiger partial charge in [0.25, 0.3) is 5.91 Å². The van der Waals surface area contributed by atoms with Gasteiger partial charge in [-0.05, 0) is 49.2 Å². The average Bonchev–Trinajstić information content (AvgIpc) is 2.67. The first kappa shape index (κ1) is 20.3. The Labute approximate surface area is 161 Å². The molecular formula is C19H19F3N2O3S. The number of nitrogens with one attached hydrogen (secondary N) is 2. The van der Waals surface area contributed by atoms with E-state index in [2.05, 4.69) is 10.0 Å². The molecule has 28 heavy (non-hydrogen) atoms. The molecule has 1 fully saturated rings. The number of rotatable bonds is 5. The molecule has 1 amide bonds. The topological polar surface area (TPSA) is 75.3 Å². The average molecular weight is 412 g/mol. The lowest BCUT2D eigenvalue weighted by Gasteiger charge is -2.22. The molecular weight excluding hydrogens is 393 g/mol. The van der Waals surface area contributed by atoms with Crippen molar-refractivity contribution in [3.8, 4) is 0 Å². The van der Waals surface area contributed by atoms with Crippen LogP contribution in [0.1, 0.15) is 42.5 Å². The van der Waals surface area contributed by atoms with Gasteiger partial charge in [0.1, 0.15) is 0 Å². The van der Waals surface area contributed by atoms with Crippen molar-refractivity contribution >= 4 is 21.6 Å². The highest BCUT2D eigenvalue weighted by Gasteiger charge is 2.22. The summed E-state index contributed by atoms with van der Waals surface area (Å²) in [6, 6.07) is 6.69. The molecule has 1 aliphatic carbocycles. The van der Waals surface area contributed by atoms with Crippen LogP contribution in [0, 0.1) is 17.5 Å². The van der Waals surface area contributed by atoms with E-state index in [1.807, 2.05) is 0 Å². The normalized spacial score (nSPS) is 15.4. The van der Waals surface area contributed by atoms with Gasteiger partial charge in [0.2, 0.25) is 10.0 Å². The Balaban J connectivity index is 1.70. The van der Waals surface area contributed by atoms with Gasteiger partial charge in [-0.2, -0.15) is 0 Å². The monoisotopic (exact) mass is 412 g/mol. The lowest BCUT2D eigenvalue weighted by atomic mass is 9.96. The first-order valence-corrected chi connectivity index (χ1v) is 10.3. The minimum atomic E-state index is -3.69. The van der Waals surface area contributed by atoms with Crippen LogP contribution in [0.4, 0.5) is 18.9 Å². The Morgan fingerprint density at radius 1 is 0.893 bits per heavy atom. The molecule has 0 aliphatic heterocycles. The predicted octanol–water partition coefficient (Wildman–Crippen LogP) is 3.97. The van der Waals surface area contributed by atoms with Gasteiger partial charge in [0.05, 0.1) is 10.5 Å². The number of anilines is 1. The number of hydrogen-bond donors (Lipinski definition) is 2. The van der Waals surface area contributed by atoms with Gasteiger partial charge >= 0.3 is 0 Å². The molecule has 2 N–H and O–H groups in total. The molecule has 0 radical (unpaired) electrons. The number of sulfonamides is 1. The summed E-state index contributed by atoms with van der Waals surface area (Å²) in [7, 11) is -3.69. The maximum Gasteiger partial charge on any atom is 0.258 e. The molecule has 0 spiro atoms. The van der Waals surface area contributed by atoms with Crippen molar-refractivity contribution in [2.24, 2.45) is 0 Å². The molecule has 0 heterocycles. The van der Waals surface area contributed by atoms with Crippen molar-refractivity contribution in [2.45, 2.75) is 43.0 Å². The fraction of sp³-hybridized carbons (Fsp3) is 0.316. The smallest absolute Gasteiger partial charge is 0.258 e. The Bertz CT molecular complexity index is 973. The molecule has 1 aliphatic rings. The Morgan fingerprint density at radius 2 is 1.54 bits per heavy atom. The summed E-state index contributed by atoms with van der Waals surface area (Å²) in [5.41, 5.74) is -0.472. The van der Waals surface area contributed by atoms with Gasteiger partial charge in [-0.3, -0.25) is 4.79 Å². The minimum Gasteiger partial charge on any atom is -0.322 e. The van der Waals surface area contributed by atoms with Crippen molar-refractivity contribution in [3.05, 3.63) is 59.4 Å². The summed E-state index contributed by atoms with van der Waals surface area (Å²) < 4.78 is 67.5. The summed E-state index contributed by atoms with van der Waals surface area (Å²) in [6.45, 7) is 0. The van der Waals surface area contributed by atoms with Crippen molar-refractivity contribution in [1.82, 2.24) is 4.72 Å². The van der Waals surface area contributed by atoms with Gasteiger partial charge in [0, 0.05) is 11.7 Å². The van der Waals surface area contributed by atoms with Crippen molar-refractivity contribution in [3.63, 3.8) is 0 Å². The van der Waals surface area contributed by atoms with Crippen molar-refractivity contribution < 1.29 is 26.4 Å². The first-order valence-electron chi connectivity index (χ1n) is 8.85. The van der Waals surface area contributed by atoms with Gasteiger partial charge in [-0.15, -0.1) is 0 Å². The third kappa shape index (κ3) is 4.53. The zero-order valence-corrected chi connectivity index (χ0v) is 15.7. The van der Waals surface area contributed by atoms with Crippen LogP contribution in [0.2, 0.25) is 0 Å². The van der Waals surface area contributed by atoms with Crippen LogP contribution in [0.25, 0.3) is 0 Å². The Hall–Kier alpha value is -2.39. The van der Waals surface area contributed by atoms with E-state index in [4.69, 9.17) is 0 Å². The van der Waals surface area contributed by atoms with Gasteiger partial charge < -0.3 is 5.32 Å². The second-order valence-corrected chi connectivity index (χ2v) is 8.37. The fourth-order valence-corrected chi connectivity index (χ4v) is 4.43. The quantitative estimate of drug-likeness (QED) is 0.730. The van der Waals surface area contributed by atoms with Crippen LogP contribution in [0.15, 0.2) is 41.3 Å². The van der Waals surface area contributed by atoms with Gasteiger partial charge in [-0.25, -0.2) is 26.3 Å². The molecule has 3 rings (SSSR count). The maximum atomic E-state index is 13.7. The van der Waals surface area contributed by atoms with E-state index >= 15 is 0 Å². The summed E-state index contributed by atoms with van der Waals surface area (Å²) in [6.07, 6.45) is 4.67. The van der Waals surface area contributed by atoms with Crippen LogP contribution >= 0.6 is 0 Å². The van der Waals surface area contributed by atoms with Crippen LogP contribution in [0.5, 0.6) is 0 Å². The molecule has 150 valence electrons. The molecule has 2 aromatic rings. The Kier molecular flexibility index (Phi) is 6.04. The Morgan fingerprint density at radius 3 is 2.18 bits per heavy atom. The van der Waals surface area contributed by atoms with E-state index < -0.39 is 38.9 Å². The lowest BCUT2D eigenvalue weighted by molar-refractivity contribution is 0.102. The molecule has 0 atom stereocenters. The number of carbonyl (C=O) groups excluding carboxylic acids is 1. The molecule has 2 aromatic carbocycles. The van der Waals surface area contributed by atoms with E-state index in [1.165, 1.54) is 24.3 Å². The first-order chi connectivity index (χ1) is 13.3. The van der Waals surface area contributed by atoms with E-state index in [-0.39, 0.29) is 16.6 Å². The predicted molar refractivity (Wildman–Crippen MR) is 97.9 cm³/mol. The SMILES string of the molecule is O=C(Nc1ccc(S(=O)(=O)NC2CCCCC2)cc1)c1ccc(F)c(F)c1F. The second-order valence-electron chi connectivity index (χ2n) is 6.66. The van der Waals surface area contributed by atoms with Crippen molar-refractivity contribution in [1.29, 1.82) is 0 Å². The molecule has 5 nitrogen and oxygen atoms in total. The standard InChI is InChI=1S/C19H19F3N2O3S/c20-16-11-10-15(17(21)18(16)22)19(25)23-12-6-8-14(9-7-12)28(26,27)24-13-4-2-1-3-5-13/h6-11,13,24H,1-5H2,(H,23,25). The number of halogens is 3. The van der Waals surface area contributed by atoms with E-state index in [9.17, 15) is 26.4 Å². The fourth-order valence-electron chi connectivity index (χ4n) is 3.13. The highest BCUT2D eigenvalue weighted by atomic mass is 32.2. The van der Waals surface area contributed by atoms with Crippen LogP contribution in [0.3, 0.4) is 0 Å². The zero-order valence-electron chi connectivity index (χ0n) is 14.8. The summed E-state index contributed by atoms with van der Waals surface area (Å²) in [4.78, 5) is 12.1. The third-order valence-corrected chi connectivity index (χ3v) is 6.17. The summed E-state index contributed by atoms with van der Waals surface area (Å²) >= 11 is 0. The second kappa shape index (κ2) is 8.32. The number of carbonyl (C=O) groups is 1. The summed E-state index contributed by atoms with van der Waals surface area (Å²) in [5.74, 6) is -5.70. The summed E-state index contributed by atoms with van der Waals surface area (Å²) in [5, 5.41) is 2.32. The number of hydrogen-bond acceptors (Lipinski definition) is 3. The molecule has 0 saturated heterocycles. The van der Waals surface area contributed by atoms with Gasteiger partial charge in [0.15, 0.2) is 17.5 Å². The lowest BCUT2D eigenvalue weighted by Crippen LogP contribution is -2.36. The highest BCUT2D eigenvalue weighted by molar-refractivity contribution is 7.89. The molecule has 9 heteroatoms. The minimum absolute atomic E-state index is 0.0371. The number of amides is 1. The molecule has 1 saturated carbocycles. The molecule has 0 unspecified atom stereocenters. The highest BCUT2D eigenvalue weighted by Crippen LogP contribution is 2.21. The van der Waals surface area contributed by atoms with Crippen LogP contribution < -0.4 is 10.0 Å². The third-order valence-electron chi connectivity index (χ3n) is 4.63. The number of benzene rings is 2. The maximum absolute atomic E-state index is 13.7. The zero-order chi connectivity index (χ0) is 20.3. The van der Waals surface area contributed by atoms with Gasteiger partial charge in [-0.1, -0.05) is 19.3 Å². The molecule has 0 aromatic heterocycles. The largest absolute Gasteiger partial charge is 0.322 e. The van der Waals surface area contributed by atoms with Crippen molar-refractivity contribution in [2.75, 3.05) is 5.32 Å². The van der Waals surface area contributed by atoms with E-state index in [0.717, 1.165) is 38.2 Å². The van der Waals surface area contributed by atoms with E-state index in [0.29, 0.717) is 6.07 Å². The van der Waals surface area contributed by atoms with E-state index in [1.54, 1.807) is 0 Å². The van der Waals surface area contributed by atoms with Crippen LogP contribution in [-0.4, -0.2) is 20.4 Å². The molecule has 0 bridgehead atoms. The van der Waals surface area contributed by atoms with Crippen LogP contribution in [-0.2, 0) is 10.0 Å².